The Kier molecular flexibility index (Phi) is 4.71. The normalized spacial score (nSPS) is 13.6. The molecule has 0 saturated carbocycles. The van der Waals surface area contributed by atoms with Gasteiger partial charge in [-0.25, -0.2) is 8.42 Å². The summed E-state index contributed by atoms with van der Waals surface area (Å²) < 4.78 is 24.1. The van der Waals surface area contributed by atoms with E-state index in [1.165, 1.54) is 0 Å². The number of benzene rings is 1. The molecule has 1 rings (SSSR count). The molecule has 0 saturated heterocycles. The molecule has 0 spiro atoms. The lowest BCUT2D eigenvalue weighted by atomic mass is 10.1. The van der Waals surface area contributed by atoms with Crippen molar-refractivity contribution < 1.29 is 8.42 Å². The maximum Gasteiger partial charge on any atom is 0.157 e. The fraction of sp³-hybridized carbons (Fsp3) is 0.538. The average Bonchev–Trinajstić information content (AvgIpc) is 2.15. The van der Waals surface area contributed by atoms with Gasteiger partial charge < -0.3 is 5.73 Å². The van der Waals surface area contributed by atoms with Crippen LogP contribution in [0.5, 0.6) is 0 Å². The molecule has 0 aromatic heterocycles. The van der Waals surface area contributed by atoms with Crippen LogP contribution >= 0.6 is 0 Å². The first-order valence-corrected chi connectivity index (χ1v) is 7.55. The van der Waals surface area contributed by atoms with Gasteiger partial charge in [0.1, 0.15) is 0 Å². The first-order chi connectivity index (χ1) is 7.85. The van der Waals surface area contributed by atoms with Crippen molar-refractivity contribution in [3.63, 3.8) is 0 Å². The molecule has 0 fully saturated rings. The summed E-state index contributed by atoms with van der Waals surface area (Å²) in [5.41, 5.74) is 8.47. The van der Waals surface area contributed by atoms with E-state index in [9.17, 15) is 8.42 Å². The first kappa shape index (κ1) is 14.2. The molecule has 0 radical (unpaired) electrons. The molecule has 1 aromatic carbocycles. The van der Waals surface area contributed by atoms with E-state index in [1.54, 1.807) is 6.92 Å². The van der Waals surface area contributed by atoms with Crippen molar-refractivity contribution in [2.24, 2.45) is 5.73 Å². The predicted molar refractivity (Wildman–Crippen MR) is 71.7 cm³/mol. The van der Waals surface area contributed by atoms with Gasteiger partial charge >= 0.3 is 0 Å². The van der Waals surface area contributed by atoms with E-state index in [2.05, 4.69) is 0 Å². The molecule has 0 aliphatic carbocycles. The molecule has 0 aliphatic rings. The lowest BCUT2D eigenvalue weighted by Gasteiger charge is -2.12. The third kappa shape index (κ3) is 4.13. The highest BCUT2D eigenvalue weighted by Crippen LogP contribution is 2.16. The number of hydrogen-bond acceptors (Lipinski definition) is 3. The molecule has 1 unspecified atom stereocenters. The Balaban J connectivity index is 2.90. The molecule has 0 bridgehead atoms. The van der Waals surface area contributed by atoms with E-state index in [1.807, 2.05) is 32.0 Å². The van der Waals surface area contributed by atoms with Crippen LogP contribution in [0.1, 0.15) is 30.0 Å². The van der Waals surface area contributed by atoms with Crippen molar-refractivity contribution in [2.45, 2.75) is 38.2 Å². The summed E-state index contributed by atoms with van der Waals surface area (Å²) in [6.45, 7) is 6.09. The van der Waals surface area contributed by atoms with Crippen LogP contribution in [0.4, 0.5) is 0 Å². The minimum absolute atomic E-state index is 0.108. The highest BCUT2D eigenvalue weighted by atomic mass is 32.2. The van der Waals surface area contributed by atoms with Gasteiger partial charge in [-0.3, -0.25) is 0 Å². The van der Waals surface area contributed by atoms with Crippen LogP contribution in [0.15, 0.2) is 18.2 Å². The average molecular weight is 255 g/mol. The molecule has 0 amide bonds. The van der Waals surface area contributed by atoms with Gasteiger partial charge in [0, 0.05) is 0 Å². The van der Waals surface area contributed by atoms with E-state index in [-0.39, 0.29) is 11.0 Å². The summed E-state index contributed by atoms with van der Waals surface area (Å²) in [5, 5.41) is -0.367. The summed E-state index contributed by atoms with van der Waals surface area (Å²) in [6.07, 6.45) is 0.521. The van der Waals surface area contributed by atoms with Gasteiger partial charge in [-0.2, -0.15) is 0 Å². The maximum atomic E-state index is 12.1. The third-order valence-electron chi connectivity index (χ3n) is 2.84. The Hall–Kier alpha value is -0.870. The monoisotopic (exact) mass is 255 g/mol. The quantitative estimate of drug-likeness (QED) is 0.875. The van der Waals surface area contributed by atoms with Crippen LogP contribution < -0.4 is 5.73 Å². The van der Waals surface area contributed by atoms with Crippen LogP contribution in [-0.2, 0) is 15.6 Å². The Morgan fingerprint density at radius 3 is 2.18 bits per heavy atom. The van der Waals surface area contributed by atoms with Crippen molar-refractivity contribution in [3.05, 3.63) is 34.9 Å². The molecular weight excluding hydrogens is 234 g/mol. The van der Waals surface area contributed by atoms with Gasteiger partial charge in [0.15, 0.2) is 9.84 Å². The highest BCUT2D eigenvalue weighted by Gasteiger charge is 2.20. The van der Waals surface area contributed by atoms with Crippen LogP contribution in [0.2, 0.25) is 0 Å². The summed E-state index contributed by atoms with van der Waals surface area (Å²) in [6, 6.07) is 5.90. The minimum Gasteiger partial charge on any atom is -0.330 e. The number of nitrogens with two attached hydrogens (primary N) is 1. The minimum atomic E-state index is -3.09. The van der Waals surface area contributed by atoms with Gasteiger partial charge in [0.2, 0.25) is 0 Å². The van der Waals surface area contributed by atoms with Crippen molar-refractivity contribution in [3.8, 4) is 0 Å². The largest absolute Gasteiger partial charge is 0.330 e. The predicted octanol–water partition coefficient (Wildman–Crippen LogP) is 1.96. The fourth-order valence-electron chi connectivity index (χ4n) is 1.94. The number of rotatable bonds is 5. The smallest absolute Gasteiger partial charge is 0.157 e. The second kappa shape index (κ2) is 5.65. The number of sulfone groups is 1. The van der Waals surface area contributed by atoms with Gasteiger partial charge in [-0.1, -0.05) is 29.3 Å². The molecule has 0 heterocycles. The molecule has 1 aromatic rings. The lowest BCUT2D eigenvalue weighted by Crippen LogP contribution is -2.22. The van der Waals surface area contributed by atoms with Crippen LogP contribution in [-0.4, -0.2) is 20.2 Å². The molecule has 96 valence electrons. The number of hydrogen-bond donors (Lipinski definition) is 1. The second-order valence-corrected chi connectivity index (χ2v) is 7.11. The van der Waals surface area contributed by atoms with Crippen LogP contribution in [0.25, 0.3) is 0 Å². The second-order valence-electron chi connectivity index (χ2n) is 4.69. The lowest BCUT2D eigenvalue weighted by molar-refractivity contribution is 0.577. The Morgan fingerprint density at radius 1 is 1.18 bits per heavy atom. The van der Waals surface area contributed by atoms with Crippen molar-refractivity contribution in [1.29, 1.82) is 0 Å². The molecule has 1 atom stereocenters. The number of aryl methyl sites for hydroxylation is 2. The topological polar surface area (TPSA) is 60.2 Å². The summed E-state index contributed by atoms with van der Waals surface area (Å²) in [7, 11) is -3.09. The Morgan fingerprint density at radius 2 is 1.71 bits per heavy atom. The van der Waals surface area contributed by atoms with Crippen molar-refractivity contribution >= 4 is 9.84 Å². The first-order valence-electron chi connectivity index (χ1n) is 5.84. The Labute approximate surface area is 104 Å². The van der Waals surface area contributed by atoms with E-state index in [0.29, 0.717) is 13.0 Å². The zero-order valence-corrected chi connectivity index (χ0v) is 11.5. The molecule has 0 aliphatic heterocycles. The van der Waals surface area contributed by atoms with Crippen molar-refractivity contribution in [1.82, 2.24) is 0 Å². The van der Waals surface area contributed by atoms with Crippen LogP contribution in [0, 0.1) is 13.8 Å². The van der Waals surface area contributed by atoms with E-state index >= 15 is 0 Å². The summed E-state index contributed by atoms with van der Waals surface area (Å²) in [5.74, 6) is 0.108. The molecule has 3 nitrogen and oxygen atoms in total. The standard InChI is InChI=1S/C13H21NO2S/c1-10-6-11(2)8-13(7-10)9-17(15,16)12(3)4-5-14/h6-8,12H,4-5,9,14H2,1-3H3. The molecular formula is C13H21NO2S. The summed E-state index contributed by atoms with van der Waals surface area (Å²) >= 11 is 0. The van der Waals surface area contributed by atoms with E-state index in [0.717, 1.165) is 16.7 Å². The fourth-order valence-corrected chi connectivity index (χ4v) is 3.35. The van der Waals surface area contributed by atoms with Gasteiger partial charge in [-0.15, -0.1) is 0 Å². The van der Waals surface area contributed by atoms with Crippen LogP contribution in [0.3, 0.4) is 0 Å². The summed E-state index contributed by atoms with van der Waals surface area (Å²) in [4.78, 5) is 0. The van der Waals surface area contributed by atoms with Gasteiger partial charge in [0.25, 0.3) is 0 Å². The molecule has 17 heavy (non-hydrogen) atoms. The van der Waals surface area contributed by atoms with Crippen molar-refractivity contribution in [2.75, 3.05) is 6.54 Å². The highest BCUT2D eigenvalue weighted by molar-refractivity contribution is 7.91. The Bertz CT molecular complexity index is 460. The van der Waals surface area contributed by atoms with Gasteiger partial charge in [0.05, 0.1) is 11.0 Å². The van der Waals surface area contributed by atoms with E-state index < -0.39 is 9.84 Å². The third-order valence-corrected chi connectivity index (χ3v) is 5.03. The van der Waals surface area contributed by atoms with E-state index in [4.69, 9.17) is 5.73 Å². The van der Waals surface area contributed by atoms with Gasteiger partial charge in [-0.05, 0) is 39.3 Å². The SMILES string of the molecule is Cc1cc(C)cc(CS(=O)(=O)C(C)CCN)c1. The zero-order chi connectivity index (χ0) is 13.1. The maximum absolute atomic E-state index is 12.1. The molecule has 2 N–H and O–H groups in total. The molecule has 4 heteroatoms. The zero-order valence-electron chi connectivity index (χ0n) is 10.7.